The smallest absolute Gasteiger partial charge is 0.0294 e. The highest BCUT2D eigenvalue weighted by atomic mass is 32.1. The molecule has 1 N–H and O–H groups in total. The quantitative estimate of drug-likeness (QED) is 0.785. The molecule has 0 unspecified atom stereocenters. The average Bonchev–Trinajstić information content (AvgIpc) is 2.05. The highest BCUT2D eigenvalue weighted by molar-refractivity contribution is 7.59. The van der Waals surface area contributed by atoms with Gasteiger partial charge in [-0.3, -0.25) is 0 Å². The zero-order valence-electron chi connectivity index (χ0n) is 8.54. The summed E-state index contributed by atoms with van der Waals surface area (Å²) in [6, 6.07) is 11.5. The van der Waals surface area contributed by atoms with Crippen molar-refractivity contribution in [2.24, 2.45) is 0 Å². The summed E-state index contributed by atoms with van der Waals surface area (Å²) in [6.45, 7) is 6.52. The van der Waals surface area contributed by atoms with E-state index in [1.807, 2.05) is 6.07 Å². The molecule has 0 aliphatic rings. The van der Waals surface area contributed by atoms with Gasteiger partial charge in [-0.1, -0.05) is 44.2 Å². The summed E-state index contributed by atoms with van der Waals surface area (Å²) in [5.74, 6) is 0. The van der Waals surface area contributed by atoms with Crippen molar-refractivity contribution in [1.29, 1.82) is 0 Å². The van der Waals surface area contributed by atoms with Crippen LogP contribution in [0.4, 0.5) is 0 Å². The van der Waals surface area contributed by atoms with Gasteiger partial charge in [0, 0.05) is 12.1 Å². The molecule has 0 saturated carbocycles. The van der Waals surface area contributed by atoms with Crippen LogP contribution in [0.1, 0.15) is 32.4 Å². The van der Waals surface area contributed by atoms with Crippen molar-refractivity contribution in [3.8, 4) is 0 Å². The van der Waals surface area contributed by atoms with E-state index in [2.05, 4.69) is 50.4 Å². The van der Waals surface area contributed by atoms with Crippen LogP contribution in [-0.4, -0.2) is 6.04 Å². The van der Waals surface area contributed by atoms with Gasteiger partial charge in [-0.05, 0) is 12.5 Å². The van der Waals surface area contributed by atoms with E-state index >= 15 is 0 Å². The lowest BCUT2D eigenvalue weighted by atomic mass is 10.1. The molecular weight excluding hydrogens is 178 g/mol. The van der Waals surface area contributed by atoms with E-state index in [-0.39, 0.29) is 13.5 Å². The molecule has 0 heterocycles. The Hall–Kier alpha value is -0.470. The van der Waals surface area contributed by atoms with Crippen LogP contribution in [-0.2, 0) is 0 Å². The molecule has 0 radical (unpaired) electrons. The first kappa shape index (κ1) is 12.5. The summed E-state index contributed by atoms with van der Waals surface area (Å²) in [7, 11) is 0. The van der Waals surface area contributed by atoms with Crippen molar-refractivity contribution in [2.45, 2.75) is 32.9 Å². The highest BCUT2D eigenvalue weighted by Gasteiger charge is 2.04. The average molecular weight is 197 g/mol. The molecule has 0 aliphatic carbocycles. The van der Waals surface area contributed by atoms with E-state index in [4.69, 9.17) is 0 Å². The van der Waals surface area contributed by atoms with E-state index < -0.39 is 0 Å². The van der Waals surface area contributed by atoms with Gasteiger partial charge in [0.15, 0.2) is 0 Å². The first-order valence-electron chi connectivity index (χ1n) is 4.51. The number of nitrogens with one attached hydrogen (secondary N) is 1. The normalized spacial score (nSPS) is 12.3. The van der Waals surface area contributed by atoms with E-state index in [0.717, 1.165) is 0 Å². The van der Waals surface area contributed by atoms with E-state index in [9.17, 15) is 0 Å². The molecule has 1 atom stereocenters. The van der Waals surface area contributed by atoms with Crippen LogP contribution in [0.25, 0.3) is 0 Å². The van der Waals surface area contributed by atoms with Crippen LogP contribution < -0.4 is 5.32 Å². The summed E-state index contributed by atoms with van der Waals surface area (Å²) >= 11 is 0. The van der Waals surface area contributed by atoms with Crippen molar-refractivity contribution in [3.05, 3.63) is 35.9 Å². The highest BCUT2D eigenvalue weighted by Crippen LogP contribution is 2.11. The van der Waals surface area contributed by atoms with E-state index in [1.165, 1.54) is 5.56 Å². The predicted octanol–water partition coefficient (Wildman–Crippen LogP) is 2.86. The van der Waals surface area contributed by atoms with Crippen molar-refractivity contribution in [3.63, 3.8) is 0 Å². The van der Waals surface area contributed by atoms with E-state index in [0.29, 0.717) is 12.1 Å². The summed E-state index contributed by atoms with van der Waals surface area (Å²) in [5.41, 5.74) is 1.35. The van der Waals surface area contributed by atoms with Crippen molar-refractivity contribution in [1.82, 2.24) is 5.32 Å². The fourth-order valence-corrected chi connectivity index (χ4v) is 1.34. The molecule has 0 amide bonds. The molecule has 0 saturated heterocycles. The zero-order chi connectivity index (χ0) is 8.97. The van der Waals surface area contributed by atoms with Gasteiger partial charge in [0.2, 0.25) is 0 Å². The molecular formula is C11H19NS. The summed E-state index contributed by atoms with van der Waals surface area (Å²) in [6.07, 6.45) is 0. The maximum Gasteiger partial charge on any atom is 0.0294 e. The Bertz CT molecular complexity index is 221. The second kappa shape index (κ2) is 6.06. The summed E-state index contributed by atoms with van der Waals surface area (Å²) in [5, 5.41) is 3.46. The molecule has 1 aromatic carbocycles. The Labute approximate surface area is 88.0 Å². The minimum absolute atomic E-state index is 0. The van der Waals surface area contributed by atoms with Crippen LogP contribution in [0.5, 0.6) is 0 Å². The number of benzene rings is 1. The third-order valence-corrected chi connectivity index (χ3v) is 1.88. The van der Waals surface area contributed by atoms with Gasteiger partial charge in [-0.2, -0.15) is 13.5 Å². The van der Waals surface area contributed by atoms with Crippen LogP contribution >= 0.6 is 13.5 Å². The Kier molecular flexibility index (Phi) is 5.84. The van der Waals surface area contributed by atoms with Gasteiger partial charge in [-0.15, -0.1) is 0 Å². The van der Waals surface area contributed by atoms with Gasteiger partial charge >= 0.3 is 0 Å². The molecule has 0 bridgehead atoms. The van der Waals surface area contributed by atoms with Gasteiger partial charge in [0.05, 0.1) is 0 Å². The van der Waals surface area contributed by atoms with Crippen molar-refractivity contribution < 1.29 is 0 Å². The monoisotopic (exact) mass is 197 g/mol. The fourth-order valence-electron chi connectivity index (χ4n) is 1.34. The third kappa shape index (κ3) is 4.34. The lowest BCUT2D eigenvalue weighted by Gasteiger charge is -2.16. The number of hydrogen-bond acceptors (Lipinski definition) is 1. The van der Waals surface area contributed by atoms with Gasteiger partial charge < -0.3 is 5.32 Å². The molecule has 1 aromatic rings. The maximum absolute atomic E-state index is 3.46. The molecule has 1 rings (SSSR count). The largest absolute Gasteiger partial charge is 0.308 e. The van der Waals surface area contributed by atoms with Crippen LogP contribution in [0.2, 0.25) is 0 Å². The molecule has 13 heavy (non-hydrogen) atoms. The first-order valence-corrected chi connectivity index (χ1v) is 4.51. The van der Waals surface area contributed by atoms with Crippen molar-refractivity contribution >= 4 is 13.5 Å². The van der Waals surface area contributed by atoms with Crippen LogP contribution in [0.15, 0.2) is 30.3 Å². The Morgan fingerprint density at radius 1 is 1.00 bits per heavy atom. The second-order valence-electron chi connectivity index (χ2n) is 3.45. The standard InChI is InChI=1S/C11H17N.H2S/c1-9(2)12-10(3)11-7-5-4-6-8-11;/h4-10,12H,1-3H3;1H2/t10-;/m0./s1. The molecule has 1 nitrogen and oxygen atoms in total. The van der Waals surface area contributed by atoms with Gasteiger partial charge in [0.1, 0.15) is 0 Å². The minimum Gasteiger partial charge on any atom is -0.308 e. The fraction of sp³-hybridized carbons (Fsp3) is 0.455. The Morgan fingerprint density at radius 3 is 2.00 bits per heavy atom. The zero-order valence-corrected chi connectivity index (χ0v) is 9.54. The van der Waals surface area contributed by atoms with Gasteiger partial charge in [0.25, 0.3) is 0 Å². The first-order chi connectivity index (χ1) is 5.70. The Balaban J connectivity index is 0.00000144. The SMILES string of the molecule is CC(C)N[C@@H](C)c1ccccc1.S. The minimum atomic E-state index is 0. The molecule has 74 valence electrons. The Morgan fingerprint density at radius 2 is 1.54 bits per heavy atom. The lowest BCUT2D eigenvalue weighted by molar-refractivity contribution is 0.506. The second-order valence-corrected chi connectivity index (χ2v) is 3.45. The molecule has 0 fully saturated rings. The number of rotatable bonds is 3. The molecule has 0 aliphatic heterocycles. The maximum atomic E-state index is 3.46. The van der Waals surface area contributed by atoms with E-state index in [1.54, 1.807) is 0 Å². The number of hydrogen-bond donors (Lipinski definition) is 1. The topological polar surface area (TPSA) is 12.0 Å². The molecule has 0 aromatic heterocycles. The summed E-state index contributed by atoms with van der Waals surface area (Å²) in [4.78, 5) is 0. The molecule has 0 spiro atoms. The van der Waals surface area contributed by atoms with Crippen LogP contribution in [0.3, 0.4) is 0 Å². The lowest BCUT2D eigenvalue weighted by Crippen LogP contribution is -2.25. The van der Waals surface area contributed by atoms with Crippen LogP contribution in [0, 0.1) is 0 Å². The summed E-state index contributed by atoms with van der Waals surface area (Å²) < 4.78 is 0. The van der Waals surface area contributed by atoms with Gasteiger partial charge in [-0.25, -0.2) is 0 Å². The predicted molar refractivity (Wildman–Crippen MR) is 63.5 cm³/mol. The molecule has 2 heteroatoms. The third-order valence-electron chi connectivity index (χ3n) is 1.88. The van der Waals surface area contributed by atoms with Crippen molar-refractivity contribution in [2.75, 3.05) is 0 Å².